The number of benzene rings is 1. The van der Waals surface area contributed by atoms with Crippen LogP contribution in [0.3, 0.4) is 0 Å². The summed E-state index contributed by atoms with van der Waals surface area (Å²) in [7, 11) is 0. The molecule has 2 aliphatic carbocycles. The Kier molecular flexibility index (Phi) is 2.57. The summed E-state index contributed by atoms with van der Waals surface area (Å²) in [6.45, 7) is 3.95. The Morgan fingerprint density at radius 2 is 2.17 bits per heavy atom. The fourth-order valence-electron chi connectivity index (χ4n) is 5.98. The number of aromatic hydroxyl groups is 1. The number of hydrogen-bond acceptors (Lipinski definition) is 5. The van der Waals surface area contributed by atoms with Gasteiger partial charge in [-0.15, -0.1) is 0 Å². The van der Waals surface area contributed by atoms with E-state index in [4.69, 9.17) is 4.74 Å². The average molecular weight is 317 g/mol. The van der Waals surface area contributed by atoms with E-state index >= 15 is 0 Å². The molecule has 23 heavy (non-hydrogen) atoms. The van der Waals surface area contributed by atoms with Crippen molar-refractivity contribution >= 4 is 0 Å². The highest BCUT2D eigenvalue weighted by molar-refractivity contribution is 5.62. The molecule has 5 nitrogen and oxygen atoms in total. The van der Waals surface area contributed by atoms with Crippen LogP contribution in [0.4, 0.5) is 0 Å². The molecule has 1 spiro atoms. The van der Waals surface area contributed by atoms with Gasteiger partial charge < -0.3 is 20.1 Å². The van der Waals surface area contributed by atoms with Crippen molar-refractivity contribution < 1.29 is 20.1 Å². The minimum atomic E-state index is -0.892. The first kappa shape index (κ1) is 14.1. The van der Waals surface area contributed by atoms with Gasteiger partial charge in [0, 0.05) is 11.6 Å². The van der Waals surface area contributed by atoms with E-state index in [2.05, 4.69) is 11.8 Å². The van der Waals surface area contributed by atoms with E-state index in [1.807, 2.05) is 6.07 Å². The van der Waals surface area contributed by atoms with Crippen molar-refractivity contribution in [3.8, 4) is 11.5 Å². The van der Waals surface area contributed by atoms with Crippen molar-refractivity contribution in [2.75, 3.05) is 13.1 Å². The fourth-order valence-corrected chi connectivity index (χ4v) is 5.98. The zero-order valence-corrected chi connectivity index (χ0v) is 13.3. The van der Waals surface area contributed by atoms with Crippen LogP contribution in [-0.2, 0) is 11.8 Å². The van der Waals surface area contributed by atoms with Crippen molar-refractivity contribution in [1.82, 2.24) is 4.90 Å². The molecule has 1 aromatic carbocycles. The molecule has 1 saturated carbocycles. The molecule has 0 amide bonds. The maximum atomic E-state index is 11.8. The molecule has 2 bridgehead atoms. The van der Waals surface area contributed by atoms with Gasteiger partial charge in [0.2, 0.25) is 0 Å². The van der Waals surface area contributed by atoms with E-state index < -0.39 is 23.2 Å². The number of aliphatic hydroxyl groups excluding tert-OH is 1. The van der Waals surface area contributed by atoms with Crippen molar-refractivity contribution in [3.63, 3.8) is 0 Å². The van der Waals surface area contributed by atoms with Crippen molar-refractivity contribution in [1.29, 1.82) is 0 Å². The summed E-state index contributed by atoms with van der Waals surface area (Å²) >= 11 is 0. The van der Waals surface area contributed by atoms with Crippen LogP contribution in [0.25, 0.3) is 0 Å². The number of ether oxygens (including phenoxy) is 1. The third kappa shape index (κ3) is 1.37. The Morgan fingerprint density at radius 3 is 2.96 bits per heavy atom. The van der Waals surface area contributed by atoms with Gasteiger partial charge in [0.1, 0.15) is 6.10 Å². The number of nitrogens with zero attached hydrogens (tertiary/aromatic N) is 1. The Labute approximate surface area is 135 Å². The Balaban J connectivity index is 1.82. The first-order chi connectivity index (χ1) is 11.0. The largest absolute Gasteiger partial charge is 0.504 e. The molecule has 1 saturated heterocycles. The molecule has 5 atom stereocenters. The molecule has 4 aliphatic rings. The standard InChI is InChI=1S/C18H23NO4/c1-2-19-8-7-17-14-10-3-4-11(20)15(14)23-16(17)12(21)5-6-18(17,22)13(19)9-10/h3-4,12-13,16,20-22H,2,5-9H2,1H3/t12?,13-,16+,17+,18-/m1/s1. The quantitative estimate of drug-likeness (QED) is 0.718. The fraction of sp³-hybridized carbons (Fsp3) is 0.667. The van der Waals surface area contributed by atoms with Gasteiger partial charge in [-0.05, 0) is 50.4 Å². The van der Waals surface area contributed by atoms with E-state index in [1.54, 1.807) is 6.07 Å². The molecule has 5 heteroatoms. The van der Waals surface area contributed by atoms with Crippen molar-refractivity contribution in [3.05, 3.63) is 23.3 Å². The summed E-state index contributed by atoms with van der Waals surface area (Å²) in [6, 6.07) is 3.71. The minimum absolute atomic E-state index is 0.0582. The molecular formula is C18H23NO4. The number of rotatable bonds is 1. The van der Waals surface area contributed by atoms with Crippen LogP contribution in [0.15, 0.2) is 12.1 Å². The van der Waals surface area contributed by atoms with Crippen molar-refractivity contribution in [2.45, 2.75) is 61.9 Å². The highest BCUT2D eigenvalue weighted by Gasteiger charge is 2.72. The zero-order valence-electron chi connectivity index (χ0n) is 13.3. The van der Waals surface area contributed by atoms with Gasteiger partial charge in [0.05, 0.1) is 17.1 Å². The van der Waals surface area contributed by atoms with Gasteiger partial charge in [0.15, 0.2) is 11.5 Å². The van der Waals surface area contributed by atoms with Crippen LogP contribution in [0.5, 0.6) is 11.5 Å². The lowest BCUT2D eigenvalue weighted by molar-refractivity contribution is -0.207. The summed E-state index contributed by atoms with van der Waals surface area (Å²) in [5.74, 6) is 0.619. The Morgan fingerprint density at radius 1 is 1.35 bits per heavy atom. The van der Waals surface area contributed by atoms with Gasteiger partial charge in [-0.2, -0.15) is 0 Å². The second-order valence-corrected chi connectivity index (χ2v) is 7.59. The maximum absolute atomic E-state index is 11.8. The molecule has 1 aromatic rings. The van der Waals surface area contributed by atoms with E-state index in [0.29, 0.717) is 18.6 Å². The summed E-state index contributed by atoms with van der Waals surface area (Å²) < 4.78 is 6.08. The van der Waals surface area contributed by atoms with Crippen LogP contribution in [-0.4, -0.2) is 57.2 Å². The van der Waals surface area contributed by atoms with Crippen LogP contribution >= 0.6 is 0 Å². The van der Waals surface area contributed by atoms with Crippen LogP contribution in [0.2, 0.25) is 0 Å². The highest BCUT2D eigenvalue weighted by Crippen LogP contribution is 2.65. The van der Waals surface area contributed by atoms with E-state index in [9.17, 15) is 15.3 Å². The third-order valence-electron chi connectivity index (χ3n) is 6.95. The molecular weight excluding hydrogens is 294 g/mol. The van der Waals surface area contributed by atoms with Crippen LogP contribution in [0.1, 0.15) is 37.3 Å². The van der Waals surface area contributed by atoms with Gasteiger partial charge >= 0.3 is 0 Å². The number of phenolic OH excluding ortho intramolecular Hbond substituents is 1. The van der Waals surface area contributed by atoms with E-state index in [-0.39, 0.29) is 11.8 Å². The van der Waals surface area contributed by atoms with E-state index in [0.717, 1.165) is 37.1 Å². The molecule has 0 aromatic heterocycles. The van der Waals surface area contributed by atoms with Gasteiger partial charge in [0.25, 0.3) is 0 Å². The summed E-state index contributed by atoms with van der Waals surface area (Å²) in [6.07, 6.45) is 1.62. The minimum Gasteiger partial charge on any atom is -0.504 e. The molecule has 2 fully saturated rings. The monoisotopic (exact) mass is 317 g/mol. The lowest BCUT2D eigenvalue weighted by atomic mass is 9.48. The van der Waals surface area contributed by atoms with Crippen LogP contribution in [0, 0.1) is 0 Å². The topological polar surface area (TPSA) is 73.2 Å². The highest BCUT2D eigenvalue weighted by atomic mass is 16.5. The SMILES string of the molecule is CCN1CC[C@]23c4c5ccc(O)c4O[C@H]2C(O)CC[C@@]3(O)[C@H]1C5. The molecule has 2 heterocycles. The van der Waals surface area contributed by atoms with Gasteiger partial charge in [-0.3, -0.25) is 4.90 Å². The number of phenols is 1. The molecule has 5 rings (SSSR count). The summed E-state index contributed by atoms with van der Waals surface area (Å²) in [5.41, 5.74) is 0.651. The van der Waals surface area contributed by atoms with Crippen molar-refractivity contribution in [2.24, 2.45) is 0 Å². The molecule has 1 unspecified atom stereocenters. The normalized spacial score (nSPS) is 43.9. The summed E-state index contributed by atoms with van der Waals surface area (Å²) in [5, 5.41) is 32.7. The Hall–Kier alpha value is -1.30. The van der Waals surface area contributed by atoms with Gasteiger partial charge in [-0.25, -0.2) is 0 Å². The molecule has 124 valence electrons. The maximum Gasteiger partial charge on any atom is 0.165 e. The van der Waals surface area contributed by atoms with E-state index in [1.165, 1.54) is 0 Å². The zero-order chi connectivity index (χ0) is 16.0. The molecule has 3 N–H and O–H groups in total. The number of likely N-dealkylation sites (tertiary alicyclic amines) is 1. The molecule has 2 aliphatic heterocycles. The number of aliphatic hydroxyl groups is 2. The predicted molar refractivity (Wildman–Crippen MR) is 83.7 cm³/mol. The third-order valence-corrected chi connectivity index (χ3v) is 6.95. The lowest BCUT2D eigenvalue weighted by Crippen LogP contribution is -2.77. The smallest absolute Gasteiger partial charge is 0.165 e. The lowest BCUT2D eigenvalue weighted by Gasteiger charge is -2.63. The first-order valence-corrected chi connectivity index (χ1v) is 8.69. The Bertz CT molecular complexity index is 692. The van der Waals surface area contributed by atoms with Crippen LogP contribution < -0.4 is 4.74 Å². The molecule has 0 radical (unpaired) electrons. The number of piperidine rings is 1. The average Bonchev–Trinajstić information content (AvgIpc) is 2.89. The first-order valence-electron chi connectivity index (χ1n) is 8.69. The second-order valence-electron chi connectivity index (χ2n) is 7.59. The number of likely N-dealkylation sites (N-methyl/N-ethyl adjacent to an activating group) is 1. The predicted octanol–water partition coefficient (Wildman–Crippen LogP) is 0.927. The number of hydrogen-bond donors (Lipinski definition) is 3. The second kappa shape index (κ2) is 4.21. The summed E-state index contributed by atoms with van der Waals surface area (Å²) in [4.78, 5) is 2.37. The van der Waals surface area contributed by atoms with Gasteiger partial charge in [-0.1, -0.05) is 13.0 Å².